The Morgan fingerprint density at radius 1 is 1.22 bits per heavy atom. The zero-order valence-corrected chi connectivity index (χ0v) is 14.5. The summed E-state index contributed by atoms with van der Waals surface area (Å²) in [6.45, 7) is 6.46. The molecule has 2 rings (SSSR count). The van der Waals surface area contributed by atoms with Crippen LogP contribution in [0.3, 0.4) is 0 Å². The molecule has 23 heavy (non-hydrogen) atoms. The van der Waals surface area contributed by atoms with E-state index in [4.69, 9.17) is 0 Å². The van der Waals surface area contributed by atoms with Crippen molar-refractivity contribution in [3.05, 3.63) is 0 Å². The van der Waals surface area contributed by atoms with Crippen molar-refractivity contribution in [1.29, 1.82) is 0 Å². The Hall–Kier alpha value is -1.59. The van der Waals surface area contributed by atoms with Crippen LogP contribution in [0.25, 0.3) is 0 Å². The molecule has 2 N–H and O–H groups in total. The highest BCUT2D eigenvalue weighted by Crippen LogP contribution is 2.34. The number of urea groups is 1. The third-order valence-electron chi connectivity index (χ3n) is 4.85. The Balaban J connectivity index is 1.78. The molecule has 1 aliphatic carbocycles. The van der Waals surface area contributed by atoms with Crippen molar-refractivity contribution < 1.29 is 14.4 Å². The van der Waals surface area contributed by atoms with E-state index in [0.29, 0.717) is 18.8 Å². The SMILES string of the molecule is CC(C)CCC(C)NC(=O)CCN1C(=O)NC2(CCCC2)C1=O. The van der Waals surface area contributed by atoms with Crippen LogP contribution in [0.15, 0.2) is 0 Å². The average molecular weight is 323 g/mol. The van der Waals surface area contributed by atoms with Gasteiger partial charge in [0.1, 0.15) is 5.54 Å². The first-order chi connectivity index (χ1) is 10.8. The second-order valence-corrected chi connectivity index (χ2v) is 7.37. The molecule has 2 aliphatic rings. The molecule has 4 amide bonds. The van der Waals surface area contributed by atoms with E-state index >= 15 is 0 Å². The van der Waals surface area contributed by atoms with Crippen LogP contribution in [0.4, 0.5) is 4.79 Å². The van der Waals surface area contributed by atoms with Crippen LogP contribution in [0.1, 0.15) is 65.7 Å². The van der Waals surface area contributed by atoms with Crippen LogP contribution in [0, 0.1) is 5.92 Å². The van der Waals surface area contributed by atoms with Gasteiger partial charge in [-0.05, 0) is 38.5 Å². The molecule has 1 spiro atoms. The summed E-state index contributed by atoms with van der Waals surface area (Å²) in [4.78, 5) is 37.7. The van der Waals surface area contributed by atoms with Crippen LogP contribution in [-0.4, -0.2) is 40.9 Å². The first-order valence-electron chi connectivity index (χ1n) is 8.77. The van der Waals surface area contributed by atoms with Crippen molar-refractivity contribution in [1.82, 2.24) is 15.5 Å². The van der Waals surface area contributed by atoms with Gasteiger partial charge in [-0.15, -0.1) is 0 Å². The van der Waals surface area contributed by atoms with Crippen molar-refractivity contribution in [2.45, 2.75) is 77.3 Å². The highest BCUT2D eigenvalue weighted by molar-refractivity contribution is 6.07. The zero-order valence-electron chi connectivity index (χ0n) is 14.5. The number of nitrogens with one attached hydrogen (secondary N) is 2. The van der Waals surface area contributed by atoms with E-state index in [1.165, 1.54) is 4.90 Å². The van der Waals surface area contributed by atoms with Crippen LogP contribution < -0.4 is 10.6 Å². The Labute approximate surface area is 138 Å². The summed E-state index contributed by atoms with van der Waals surface area (Å²) in [6, 6.07) is -0.230. The highest BCUT2D eigenvalue weighted by atomic mass is 16.2. The van der Waals surface area contributed by atoms with Crippen molar-refractivity contribution in [2.24, 2.45) is 5.92 Å². The summed E-state index contributed by atoms with van der Waals surface area (Å²) in [5.41, 5.74) is -0.682. The summed E-state index contributed by atoms with van der Waals surface area (Å²) >= 11 is 0. The van der Waals surface area contributed by atoms with Crippen molar-refractivity contribution >= 4 is 17.8 Å². The minimum atomic E-state index is -0.682. The molecule has 130 valence electrons. The number of nitrogens with zero attached hydrogens (tertiary/aromatic N) is 1. The fourth-order valence-electron chi connectivity index (χ4n) is 3.41. The van der Waals surface area contributed by atoms with E-state index in [1.54, 1.807) is 0 Å². The summed E-state index contributed by atoms with van der Waals surface area (Å²) in [5.74, 6) is 0.359. The normalized spacial score (nSPS) is 21.1. The summed E-state index contributed by atoms with van der Waals surface area (Å²) in [6.07, 6.45) is 5.54. The Kier molecular flexibility index (Phi) is 5.65. The van der Waals surface area contributed by atoms with Gasteiger partial charge in [0.05, 0.1) is 0 Å². The van der Waals surface area contributed by atoms with Gasteiger partial charge in [0.15, 0.2) is 0 Å². The summed E-state index contributed by atoms with van der Waals surface area (Å²) in [7, 11) is 0. The first-order valence-corrected chi connectivity index (χ1v) is 8.77. The fraction of sp³-hybridized carbons (Fsp3) is 0.824. The Morgan fingerprint density at radius 2 is 1.87 bits per heavy atom. The van der Waals surface area contributed by atoms with Crippen molar-refractivity contribution in [3.8, 4) is 0 Å². The van der Waals surface area contributed by atoms with E-state index in [0.717, 1.165) is 25.7 Å². The lowest BCUT2D eigenvalue weighted by molar-refractivity contribution is -0.131. The van der Waals surface area contributed by atoms with E-state index in [9.17, 15) is 14.4 Å². The van der Waals surface area contributed by atoms with Crippen LogP contribution in [0.2, 0.25) is 0 Å². The van der Waals surface area contributed by atoms with Gasteiger partial charge in [0.25, 0.3) is 5.91 Å². The van der Waals surface area contributed by atoms with Crippen molar-refractivity contribution in [2.75, 3.05) is 6.54 Å². The standard InChI is InChI=1S/C17H29N3O3/c1-12(2)6-7-13(3)18-14(21)8-11-20-15(22)17(19-16(20)23)9-4-5-10-17/h12-13H,4-11H2,1-3H3,(H,18,21)(H,19,23). The molecule has 0 bridgehead atoms. The van der Waals surface area contributed by atoms with Crippen LogP contribution in [0.5, 0.6) is 0 Å². The second kappa shape index (κ2) is 7.32. The first kappa shape index (κ1) is 17.8. The van der Waals surface area contributed by atoms with Gasteiger partial charge in [-0.2, -0.15) is 0 Å². The largest absolute Gasteiger partial charge is 0.354 e. The maximum absolute atomic E-state index is 12.5. The molecule has 1 unspecified atom stereocenters. The van der Waals surface area contributed by atoms with Gasteiger partial charge in [-0.3, -0.25) is 14.5 Å². The molecular weight excluding hydrogens is 294 g/mol. The molecule has 2 fully saturated rings. The van der Waals surface area contributed by atoms with Crippen LogP contribution >= 0.6 is 0 Å². The minimum Gasteiger partial charge on any atom is -0.354 e. The molecule has 1 atom stereocenters. The Bertz CT molecular complexity index is 470. The van der Waals surface area contributed by atoms with E-state index in [1.807, 2.05) is 6.92 Å². The average Bonchev–Trinajstić information content (AvgIpc) is 3.02. The van der Waals surface area contributed by atoms with Gasteiger partial charge in [0, 0.05) is 19.0 Å². The topological polar surface area (TPSA) is 78.5 Å². The number of carbonyl (C=O) groups is 3. The molecule has 0 aromatic carbocycles. The lowest BCUT2D eigenvalue weighted by Gasteiger charge is -2.20. The molecule has 1 saturated heterocycles. The molecule has 0 aromatic heterocycles. The lowest BCUT2D eigenvalue weighted by Crippen LogP contribution is -2.44. The predicted octanol–water partition coefficient (Wildman–Crippen LogP) is 2.18. The maximum atomic E-state index is 12.5. The maximum Gasteiger partial charge on any atom is 0.325 e. The highest BCUT2D eigenvalue weighted by Gasteiger charge is 2.52. The lowest BCUT2D eigenvalue weighted by atomic mass is 9.98. The minimum absolute atomic E-state index is 0.103. The van der Waals surface area contributed by atoms with Gasteiger partial charge < -0.3 is 10.6 Å². The van der Waals surface area contributed by atoms with Gasteiger partial charge in [-0.25, -0.2) is 4.79 Å². The monoisotopic (exact) mass is 323 g/mol. The molecule has 0 radical (unpaired) electrons. The molecule has 1 aliphatic heterocycles. The number of hydrogen-bond acceptors (Lipinski definition) is 3. The third-order valence-corrected chi connectivity index (χ3v) is 4.85. The number of amides is 4. The number of imide groups is 1. The smallest absolute Gasteiger partial charge is 0.325 e. The predicted molar refractivity (Wildman–Crippen MR) is 87.7 cm³/mol. The molecule has 1 heterocycles. The van der Waals surface area contributed by atoms with Gasteiger partial charge in [0.2, 0.25) is 5.91 Å². The van der Waals surface area contributed by atoms with E-state index in [-0.39, 0.29) is 36.9 Å². The molecule has 0 aromatic rings. The second-order valence-electron chi connectivity index (χ2n) is 7.37. The number of rotatable bonds is 7. The van der Waals surface area contributed by atoms with Gasteiger partial charge >= 0.3 is 6.03 Å². The Morgan fingerprint density at radius 3 is 2.48 bits per heavy atom. The quantitative estimate of drug-likeness (QED) is 0.705. The zero-order chi connectivity index (χ0) is 17.0. The number of carbonyl (C=O) groups excluding carboxylic acids is 3. The third kappa shape index (κ3) is 4.24. The molecule has 1 saturated carbocycles. The fourth-order valence-corrected chi connectivity index (χ4v) is 3.41. The molecule has 6 nitrogen and oxygen atoms in total. The summed E-state index contributed by atoms with van der Waals surface area (Å²) < 4.78 is 0. The molecule has 6 heteroatoms. The summed E-state index contributed by atoms with van der Waals surface area (Å²) in [5, 5.41) is 5.77. The number of hydrogen-bond donors (Lipinski definition) is 2. The van der Waals surface area contributed by atoms with Gasteiger partial charge in [-0.1, -0.05) is 26.7 Å². The van der Waals surface area contributed by atoms with Crippen LogP contribution in [-0.2, 0) is 9.59 Å². The van der Waals surface area contributed by atoms with E-state index in [2.05, 4.69) is 24.5 Å². The molecular formula is C17H29N3O3. The van der Waals surface area contributed by atoms with Crippen molar-refractivity contribution in [3.63, 3.8) is 0 Å². The van der Waals surface area contributed by atoms with E-state index < -0.39 is 5.54 Å².